The number of nitrogens with two attached hydrogens (primary N) is 1. The summed E-state index contributed by atoms with van der Waals surface area (Å²) in [6.45, 7) is 4.58. The molecule has 0 aromatic rings. The maximum absolute atomic E-state index is 5.81. The van der Waals surface area contributed by atoms with Crippen LogP contribution in [0.4, 0.5) is 0 Å². The lowest BCUT2D eigenvalue weighted by molar-refractivity contribution is 0.0985. The van der Waals surface area contributed by atoms with E-state index in [0.29, 0.717) is 6.10 Å². The summed E-state index contributed by atoms with van der Waals surface area (Å²) in [6.07, 6.45) is 6.58. The van der Waals surface area contributed by atoms with E-state index in [1.54, 1.807) is 0 Å². The van der Waals surface area contributed by atoms with Crippen molar-refractivity contribution < 1.29 is 4.74 Å². The van der Waals surface area contributed by atoms with Gasteiger partial charge in [-0.05, 0) is 25.7 Å². The van der Waals surface area contributed by atoms with E-state index >= 15 is 0 Å². The number of hydrogen-bond acceptors (Lipinski definition) is 2. The van der Waals surface area contributed by atoms with Gasteiger partial charge in [-0.2, -0.15) is 0 Å². The lowest BCUT2D eigenvalue weighted by Crippen LogP contribution is -2.25. The first-order valence-electron chi connectivity index (χ1n) is 4.31. The summed E-state index contributed by atoms with van der Waals surface area (Å²) in [4.78, 5) is 0. The molecule has 1 aliphatic heterocycles. The van der Waals surface area contributed by atoms with Crippen molar-refractivity contribution >= 4 is 0 Å². The number of ether oxygens (including phenoxy) is 1. The van der Waals surface area contributed by atoms with Crippen molar-refractivity contribution in [1.82, 2.24) is 0 Å². The van der Waals surface area contributed by atoms with Crippen LogP contribution in [0.5, 0.6) is 0 Å². The van der Waals surface area contributed by atoms with Crippen molar-refractivity contribution in [2.24, 2.45) is 5.73 Å². The second kappa shape index (κ2) is 4.52. The molecule has 0 aromatic heterocycles. The molecule has 0 aromatic carbocycles. The Morgan fingerprint density at radius 1 is 1.73 bits per heavy atom. The Kier molecular flexibility index (Phi) is 3.60. The smallest absolute Gasteiger partial charge is 0.0590 e. The van der Waals surface area contributed by atoms with E-state index in [2.05, 4.69) is 6.58 Å². The van der Waals surface area contributed by atoms with Gasteiger partial charge in [0.15, 0.2) is 0 Å². The first kappa shape index (κ1) is 8.75. The van der Waals surface area contributed by atoms with Gasteiger partial charge in [-0.3, -0.25) is 0 Å². The molecule has 0 radical (unpaired) electrons. The van der Waals surface area contributed by atoms with E-state index in [-0.39, 0.29) is 6.04 Å². The van der Waals surface area contributed by atoms with E-state index in [4.69, 9.17) is 10.5 Å². The number of rotatable bonds is 4. The highest BCUT2D eigenvalue weighted by molar-refractivity contribution is 4.79. The summed E-state index contributed by atoms with van der Waals surface area (Å²) < 4.78 is 5.46. The largest absolute Gasteiger partial charge is 0.378 e. The molecular weight excluding hydrogens is 138 g/mol. The van der Waals surface area contributed by atoms with Crippen LogP contribution in [0.3, 0.4) is 0 Å². The third kappa shape index (κ3) is 3.04. The lowest BCUT2D eigenvalue weighted by atomic mass is 10.1. The summed E-state index contributed by atoms with van der Waals surface area (Å²) in [6, 6.07) is 0.246. The minimum absolute atomic E-state index is 0.246. The van der Waals surface area contributed by atoms with E-state index in [1.165, 1.54) is 12.8 Å². The molecule has 0 amide bonds. The molecule has 0 bridgehead atoms. The van der Waals surface area contributed by atoms with E-state index in [9.17, 15) is 0 Å². The van der Waals surface area contributed by atoms with Crippen LogP contribution in [0.15, 0.2) is 12.7 Å². The molecule has 0 saturated carbocycles. The van der Waals surface area contributed by atoms with Crippen LogP contribution in [0.25, 0.3) is 0 Å². The first-order valence-corrected chi connectivity index (χ1v) is 4.31. The van der Waals surface area contributed by atoms with Gasteiger partial charge in [0, 0.05) is 12.6 Å². The molecule has 1 fully saturated rings. The van der Waals surface area contributed by atoms with Crippen LogP contribution in [0.1, 0.15) is 25.7 Å². The quantitative estimate of drug-likeness (QED) is 0.624. The van der Waals surface area contributed by atoms with Gasteiger partial charge in [-0.25, -0.2) is 0 Å². The van der Waals surface area contributed by atoms with Gasteiger partial charge in [-0.15, -0.1) is 6.58 Å². The summed E-state index contributed by atoms with van der Waals surface area (Å²) in [7, 11) is 0. The average molecular weight is 155 g/mol. The van der Waals surface area contributed by atoms with Gasteiger partial charge in [0.05, 0.1) is 6.10 Å². The van der Waals surface area contributed by atoms with Crippen LogP contribution in [-0.2, 0) is 4.74 Å². The summed E-state index contributed by atoms with van der Waals surface area (Å²) in [5.74, 6) is 0. The summed E-state index contributed by atoms with van der Waals surface area (Å²) in [5.41, 5.74) is 5.81. The van der Waals surface area contributed by atoms with Gasteiger partial charge in [0.25, 0.3) is 0 Å². The molecular formula is C9H17NO. The van der Waals surface area contributed by atoms with E-state index in [0.717, 1.165) is 19.4 Å². The van der Waals surface area contributed by atoms with Crippen LogP contribution < -0.4 is 5.73 Å². The molecule has 0 aliphatic carbocycles. The zero-order valence-corrected chi connectivity index (χ0v) is 6.96. The summed E-state index contributed by atoms with van der Waals surface area (Å²) >= 11 is 0. The van der Waals surface area contributed by atoms with Crippen LogP contribution in [0.2, 0.25) is 0 Å². The van der Waals surface area contributed by atoms with E-state index < -0.39 is 0 Å². The lowest BCUT2D eigenvalue weighted by Gasteiger charge is -2.13. The van der Waals surface area contributed by atoms with Gasteiger partial charge in [0.1, 0.15) is 0 Å². The maximum Gasteiger partial charge on any atom is 0.0590 e. The molecule has 2 N–H and O–H groups in total. The van der Waals surface area contributed by atoms with Crippen molar-refractivity contribution in [2.75, 3.05) is 6.61 Å². The van der Waals surface area contributed by atoms with Gasteiger partial charge in [-0.1, -0.05) is 6.08 Å². The zero-order chi connectivity index (χ0) is 8.10. The standard InChI is InChI=1S/C9H17NO/c1-2-4-8(10)7-9-5-3-6-11-9/h2,8-9H,1,3-7,10H2. The first-order chi connectivity index (χ1) is 5.33. The Bertz CT molecular complexity index is 119. The highest BCUT2D eigenvalue weighted by Gasteiger charge is 2.17. The molecule has 1 saturated heterocycles. The molecule has 2 unspecified atom stereocenters. The predicted octanol–water partition coefficient (Wildman–Crippen LogP) is 1.46. The monoisotopic (exact) mass is 155 g/mol. The molecule has 2 heteroatoms. The van der Waals surface area contributed by atoms with Crippen LogP contribution >= 0.6 is 0 Å². The maximum atomic E-state index is 5.81. The fourth-order valence-corrected chi connectivity index (χ4v) is 1.48. The van der Waals surface area contributed by atoms with Gasteiger partial charge in [0.2, 0.25) is 0 Å². The van der Waals surface area contributed by atoms with E-state index in [1.807, 2.05) is 6.08 Å². The SMILES string of the molecule is C=CCC(N)CC1CCCO1. The molecule has 0 spiro atoms. The predicted molar refractivity (Wildman–Crippen MR) is 46.4 cm³/mol. The highest BCUT2D eigenvalue weighted by atomic mass is 16.5. The van der Waals surface area contributed by atoms with Crippen molar-refractivity contribution in [3.05, 3.63) is 12.7 Å². The Morgan fingerprint density at radius 2 is 2.55 bits per heavy atom. The van der Waals surface area contributed by atoms with Crippen molar-refractivity contribution in [1.29, 1.82) is 0 Å². The second-order valence-electron chi connectivity index (χ2n) is 3.16. The molecule has 2 nitrogen and oxygen atoms in total. The molecule has 11 heavy (non-hydrogen) atoms. The van der Waals surface area contributed by atoms with Crippen molar-refractivity contribution in [2.45, 2.75) is 37.8 Å². The fourth-order valence-electron chi connectivity index (χ4n) is 1.48. The molecule has 2 atom stereocenters. The Balaban J connectivity index is 2.12. The second-order valence-corrected chi connectivity index (χ2v) is 3.16. The highest BCUT2D eigenvalue weighted by Crippen LogP contribution is 2.17. The number of hydrogen-bond donors (Lipinski definition) is 1. The molecule has 1 aliphatic rings. The topological polar surface area (TPSA) is 35.2 Å². The Hall–Kier alpha value is -0.340. The van der Waals surface area contributed by atoms with Crippen LogP contribution in [-0.4, -0.2) is 18.8 Å². The fraction of sp³-hybridized carbons (Fsp3) is 0.778. The molecule has 1 rings (SSSR count). The third-order valence-corrected chi connectivity index (χ3v) is 2.06. The Labute approximate surface area is 68.4 Å². The Morgan fingerprint density at radius 3 is 3.09 bits per heavy atom. The normalized spacial score (nSPS) is 26.8. The summed E-state index contributed by atoms with van der Waals surface area (Å²) in [5, 5.41) is 0. The third-order valence-electron chi connectivity index (χ3n) is 2.06. The van der Waals surface area contributed by atoms with Crippen LogP contribution in [0, 0.1) is 0 Å². The van der Waals surface area contributed by atoms with Gasteiger partial charge >= 0.3 is 0 Å². The minimum Gasteiger partial charge on any atom is -0.378 e. The molecule has 64 valence electrons. The average Bonchev–Trinajstić information content (AvgIpc) is 2.40. The molecule has 1 heterocycles. The zero-order valence-electron chi connectivity index (χ0n) is 6.96. The van der Waals surface area contributed by atoms with Gasteiger partial charge < -0.3 is 10.5 Å². The van der Waals surface area contributed by atoms with Crippen molar-refractivity contribution in [3.63, 3.8) is 0 Å². The minimum atomic E-state index is 0.246. The van der Waals surface area contributed by atoms with Crippen molar-refractivity contribution in [3.8, 4) is 0 Å².